The minimum absolute atomic E-state index is 0.226. The van der Waals surface area contributed by atoms with E-state index < -0.39 is 5.60 Å². The van der Waals surface area contributed by atoms with Crippen LogP contribution in [0, 0.1) is 6.92 Å². The maximum absolute atomic E-state index is 13.4. The second-order valence-corrected chi connectivity index (χ2v) is 8.54. The van der Waals surface area contributed by atoms with E-state index in [1.165, 1.54) is 11.3 Å². The molecule has 0 aromatic heterocycles. The van der Waals surface area contributed by atoms with Crippen LogP contribution in [-0.4, -0.2) is 36.1 Å². The van der Waals surface area contributed by atoms with Gasteiger partial charge in [-0.3, -0.25) is 14.5 Å². The maximum Gasteiger partial charge on any atom is 0.268 e. The Morgan fingerprint density at radius 2 is 1.90 bits per heavy atom. The number of nitrogens with zero attached hydrogens (tertiary/aromatic N) is 1. The zero-order valence-electron chi connectivity index (χ0n) is 17.1. The first kappa shape index (κ1) is 19.8. The first-order valence-electron chi connectivity index (χ1n) is 10.5. The van der Waals surface area contributed by atoms with E-state index in [0.29, 0.717) is 23.8 Å². The largest absolute Gasteiger partial charge is 0.375 e. The van der Waals surface area contributed by atoms with Gasteiger partial charge in [0.2, 0.25) is 0 Å². The van der Waals surface area contributed by atoms with Gasteiger partial charge in [0.15, 0.2) is 18.1 Å². The second kappa shape index (κ2) is 7.73. The molecule has 0 spiro atoms. The molecule has 3 atom stereocenters. The third-order valence-electron chi connectivity index (χ3n) is 6.47. The Balaban J connectivity index is 1.62. The standard InChI is InChI=1S/C24H28N2O3/c1-17-10-12-19(13-11-17)22(27)15-24(29)20-8-3-4-9-21(20)26(23(24)28)16-25-14-6-5-7-18(25)2/h3-4,8-13,18,29H,5-7,14-16H2,1-2H3/p+1/t18-,24+/m0/s1. The van der Waals surface area contributed by atoms with Crippen LogP contribution in [-0.2, 0) is 10.4 Å². The summed E-state index contributed by atoms with van der Waals surface area (Å²) < 4.78 is 0. The van der Waals surface area contributed by atoms with Crippen LogP contribution in [0.5, 0.6) is 0 Å². The molecule has 4 rings (SSSR count). The van der Waals surface area contributed by atoms with E-state index in [2.05, 4.69) is 6.92 Å². The molecule has 5 nitrogen and oxygen atoms in total. The van der Waals surface area contributed by atoms with Crippen LogP contribution in [0.15, 0.2) is 48.5 Å². The summed E-state index contributed by atoms with van der Waals surface area (Å²) in [7, 11) is 0. The number of para-hydroxylation sites is 1. The normalized spacial score (nSPS) is 26.4. The summed E-state index contributed by atoms with van der Waals surface area (Å²) in [5, 5.41) is 11.4. The number of hydrogen-bond acceptors (Lipinski definition) is 3. The molecule has 2 N–H and O–H groups in total. The highest BCUT2D eigenvalue weighted by Crippen LogP contribution is 2.42. The van der Waals surface area contributed by atoms with Crippen LogP contribution in [0.1, 0.15) is 54.1 Å². The van der Waals surface area contributed by atoms with E-state index in [9.17, 15) is 14.7 Å². The summed E-state index contributed by atoms with van der Waals surface area (Å²) in [5.41, 5.74) is 1.03. The molecule has 5 heteroatoms. The molecule has 0 aliphatic carbocycles. The van der Waals surface area contributed by atoms with Gasteiger partial charge in [-0.25, -0.2) is 0 Å². The molecule has 0 radical (unpaired) electrons. The molecule has 0 bridgehead atoms. The number of ketones is 1. The van der Waals surface area contributed by atoms with Gasteiger partial charge in [0.1, 0.15) is 0 Å². The molecule has 1 fully saturated rings. The molecule has 2 aliphatic heterocycles. The number of nitrogens with one attached hydrogen (secondary N) is 1. The summed E-state index contributed by atoms with van der Waals surface area (Å²) in [4.78, 5) is 29.3. The van der Waals surface area contributed by atoms with Crippen molar-refractivity contribution in [2.45, 2.75) is 51.2 Å². The molecular weight excluding hydrogens is 364 g/mol. The molecule has 2 aromatic carbocycles. The average molecular weight is 394 g/mol. The molecule has 2 aliphatic rings. The van der Waals surface area contributed by atoms with Gasteiger partial charge >= 0.3 is 0 Å². The monoisotopic (exact) mass is 393 g/mol. The van der Waals surface area contributed by atoms with Crippen LogP contribution < -0.4 is 9.80 Å². The lowest BCUT2D eigenvalue weighted by molar-refractivity contribution is -0.927. The van der Waals surface area contributed by atoms with Crippen LogP contribution in [0.25, 0.3) is 0 Å². The average Bonchev–Trinajstić information content (AvgIpc) is 2.92. The number of Topliss-reactive ketones (excluding diaryl/α,β-unsaturated/α-hetero) is 1. The first-order chi connectivity index (χ1) is 13.9. The number of anilines is 1. The summed E-state index contributed by atoms with van der Waals surface area (Å²) in [5.74, 6) is -0.611. The number of quaternary nitrogens is 1. The third kappa shape index (κ3) is 3.61. The fraction of sp³-hybridized carbons (Fsp3) is 0.417. The van der Waals surface area contributed by atoms with Gasteiger partial charge in [0.05, 0.1) is 24.7 Å². The Morgan fingerprint density at radius 1 is 1.17 bits per heavy atom. The van der Waals surface area contributed by atoms with Gasteiger partial charge < -0.3 is 10.0 Å². The first-order valence-corrected chi connectivity index (χ1v) is 10.5. The maximum atomic E-state index is 13.4. The number of piperidine rings is 1. The fourth-order valence-corrected chi connectivity index (χ4v) is 4.60. The van der Waals surface area contributed by atoms with Crippen LogP contribution >= 0.6 is 0 Å². The number of carbonyl (C=O) groups is 2. The number of fused-ring (bicyclic) bond motifs is 1. The van der Waals surface area contributed by atoms with E-state index in [-0.39, 0.29) is 18.1 Å². The number of aliphatic hydroxyl groups is 1. The van der Waals surface area contributed by atoms with Gasteiger partial charge in [-0.1, -0.05) is 48.0 Å². The fourth-order valence-electron chi connectivity index (χ4n) is 4.60. The quantitative estimate of drug-likeness (QED) is 0.766. The predicted molar refractivity (Wildman–Crippen MR) is 112 cm³/mol. The third-order valence-corrected chi connectivity index (χ3v) is 6.47. The van der Waals surface area contributed by atoms with E-state index in [0.717, 1.165) is 30.6 Å². The van der Waals surface area contributed by atoms with Crippen molar-refractivity contribution in [3.8, 4) is 0 Å². The van der Waals surface area contributed by atoms with Crippen molar-refractivity contribution in [3.05, 3.63) is 65.2 Å². The molecule has 29 heavy (non-hydrogen) atoms. The zero-order valence-corrected chi connectivity index (χ0v) is 17.1. The van der Waals surface area contributed by atoms with Gasteiger partial charge in [-0.05, 0) is 39.2 Å². The van der Waals surface area contributed by atoms with Crippen molar-refractivity contribution >= 4 is 17.4 Å². The van der Waals surface area contributed by atoms with Gasteiger partial charge in [-0.15, -0.1) is 0 Å². The van der Waals surface area contributed by atoms with Crippen LogP contribution in [0.2, 0.25) is 0 Å². The molecule has 2 heterocycles. The minimum atomic E-state index is -1.81. The number of likely N-dealkylation sites (tertiary alicyclic amines) is 1. The van der Waals surface area contributed by atoms with Crippen molar-refractivity contribution in [2.24, 2.45) is 0 Å². The van der Waals surface area contributed by atoms with Crippen LogP contribution in [0.3, 0.4) is 0 Å². The Hall–Kier alpha value is -2.50. The molecule has 0 saturated carbocycles. The number of rotatable bonds is 5. The number of aryl methyl sites for hydroxylation is 1. The minimum Gasteiger partial charge on any atom is -0.375 e. The van der Waals surface area contributed by atoms with Gasteiger partial charge in [0, 0.05) is 11.1 Å². The number of benzene rings is 2. The summed E-state index contributed by atoms with van der Waals surface area (Å²) in [6.07, 6.45) is 3.28. The van der Waals surface area contributed by atoms with Crippen LogP contribution in [0.4, 0.5) is 5.69 Å². The molecular formula is C24H29N2O3+. The van der Waals surface area contributed by atoms with E-state index >= 15 is 0 Å². The van der Waals surface area contributed by atoms with E-state index in [1.807, 2.05) is 37.3 Å². The van der Waals surface area contributed by atoms with Crippen molar-refractivity contribution in [2.75, 3.05) is 18.1 Å². The lowest BCUT2D eigenvalue weighted by Gasteiger charge is -2.33. The SMILES string of the molecule is Cc1ccc(C(=O)C[C@]2(O)C(=O)N(C[NH+]3CCCC[C@@H]3C)c3ccccc32)cc1. The zero-order chi connectivity index (χ0) is 20.6. The molecule has 1 saturated heterocycles. The lowest BCUT2D eigenvalue weighted by atomic mass is 9.88. The molecule has 1 amide bonds. The summed E-state index contributed by atoms with van der Waals surface area (Å²) in [6, 6.07) is 15.1. The van der Waals surface area contributed by atoms with Crippen molar-refractivity contribution in [1.82, 2.24) is 0 Å². The second-order valence-electron chi connectivity index (χ2n) is 8.54. The molecule has 152 valence electrons. The Kier molecular flexibility index (Phi) is 5.28. The summed E-state index contributed by atoms with van der Waals surface area (Å²) >= 11 is 0. The van der Waals surface area contributed by atoms with Crippen molar-refractivity contribution < 1.29 is 19.6 Å². The van der Waals surface area contributed by atoms with Crippen molar-refractivity contribution in [3.63, 3.8) is 0 Å². The topological polar surface area (TPSA) is 62.0 Å². The smallest absolute Gasteiger partial charge is 0.268 e. The summed E-state index contributed by atoms with van der Waals surface area (Å²) in [6.45, 7) is 5.72. The molecule has 2 aromatic rings. The van der Waals surface area contributed by atoms with Crippen molar-refractivity contribution in [1.29, 1.82) is 0 Å². The Bertz CT molecular complexity index is 924. The highest BCUT2D eigenvalue weighted by Gasteiger charge is 2.52. The van der Waals surface area contributed by atoms with E-state index in [4.69, 9.17) is 0 Å². The molecule has 1 unspecified atom stereocenters. The lowest BCUT2D eigenvalue weighted by Crippen LogP contribution is -3.17. The highest BCUT2D eigenvalue weighted by atomic mass is 16.3. The number of hydrogen-bond donors (Lipinski definition) is 2. The van der Waals surface area contributed by atoms with Gasteiger partial charge in [-0.2, -0.15) is 0 Å². The Labute approximate surface area is 171 Å². The predicted octanol–water partition coefficient (Wildman–Crippen LogP) is 2.22. The van der Waals surface area contributed by atoms with Gasteiger partial charge in [0.25, 0.3) is 5.91 Å². The number of carbonyl (C=O) groups excluding carboxylic acids is 2. The Morgan fingerprint density at radius 3 is 2.62 bits per heavy atom. The number of amides is 1. The van der Waals surface area contributed by atoms with E-state index in [1.54, 1.807) is 23.1 Å². The highest BCUT2D eigenvalue weighted by molar-refractivity contribution is 6.10.